The summed E-state index contributed by atoms with van der Waals surface area (Å²) in [6.45, 7) is 5.36. The molecule has 3 rings (SSSR count). The van der Waals surface area contributed by atoms with Crippen molar-refractivity contribution in [2.24, 2.45) is 0 Å². The van der Waals surface area contributed by atoms with Crippen molar-refractivity contribution < 1.29 is 14.3 Å². The van der Waals surface area contributed by atoms with Gasteiger partial charge in [-0.25, -0.2) is 0 Å². The summed E-state index contributed by atoms with van der Waals surface area (Å²) < 4.78 is 6.64. The first-order valence-corrected chi connectivity index (χ1v) is 9.83. The summed E-state index contributed by atoms with van der Waals surface area (Å²) in [6, 6.07) is 13.4. The molecule has 27 heavy (non-hydrogen) atoms. The molecule has 0 bridgehead atoms. The van der Waals surface area contributed by atoms with Gasteiger partial charge in [0.2, 0.25) is 5.91 Å². The Balaban J connectivity index is 1.44. The summed E-state index contributed by atoms with van der Waals surface area (Å²) in [5.74, 6) is 0.881. The molecular formula is C21H23BrN2O3. The van der Waals surface area contributed by atoms with Crippen LogP contribution in [0.5, 0.6) is 5.75 Å². The fraction of sp³-hybridized carbons (Fsp3) is 0.333. The lowest BCUT2D eigenvalue weighted by atomic mass is 10.2. The average Bonchev–Trinajstić information content (AvgIpc) is 2.70. The zero-order chi connectivity index (χ0) is 19.2. The predicted octanol–water partition coefficient (Wildman–Crippen LogP) is 3.69. The molecule has 0 unspecified atom stereocenters. The third-order valence-electron chi connectivity index (χ3n) is 4.69. The molecule has 5 nitrogen and oxygen atoms in total. The van der Waals surface area contributed by atoms with Gasteiger partial charge in [-0.05, 0) is 64.8 Å². The van der Waals surface area contributed by atoms with Crippen molar-refractivity contribution in [2.45, 2.75) is 13.3 Å². The zero-order valence-electron chi connectivity index (χ0n) is 15.4. The third-order valence-corrected chi connectivity index (χ3v) is 5.31. The molecule has 0 saturated carbocycles. The molecule has 0 radical (unpaired) electrons. The summed E-state index contributed by atoms with van der Waals surface area (Å²) in [5, 5.41) is 0. The van der Waals surface area contributed by atoms with Gasteiger partial charge in [-0.1, -0.05) is 6.07 Å². The number of ether oxygens (including phenoxy) is 1. The lowest BCUT2D eigenvalue weighted by Crippen LogP contribution is -2.49. The molecule has 2 aromatic rings. The van der Waals surface area contributed by atoms with E-state index in [9.17, 15) is 9.59 Å². The fourth-order valence-corrected chi connectivity index (χ4v) is 3.71. The standard InChI is InChI=1S/C21H23BrN2O3/c1-16-2-7-20(19(22)14-16)27-13-8-21(26)24-11-9-23(10-12-24)18-5-3-17(15-25)4-6-18/h2-7,14-15H,8-13H2,1H3. The first kappa shape index (κ1) is 19.4. The number of aryl methyl sites for hydroxylation is 1. The summed E-state index contributed by atoms with van der Waals surface area (Å²) >= 11 is 3.48. The minimum absolute atomic E-state index is 0.120. The highest BCUT2D eigenvalue weighted by molar-refractivity contribution is 9.10. The van der Waals surface area contributed by atoms with Gasteiger partial charge < -0.3 is 14.5 Å². The van der Waals surface area contributed by atoms with Gasteiger partial charge in [0.25, 0.3) is 0 Å². The van der Waals surface area contributed by atoms with Crippen molar-refractivity contribution in [2.75, 3.05) is 37.7 Å². The van der Waals surface area contributed by atoms with E-state index in [4.69, 9.17) is 4.74 Å². The van der Waals surface area contributed by atoms with Gasteiger partial charge in [0, 0.05) is 37.4 Å². The van der Waals surface area contributed by atoms with E-state index in [2.05, 4.69) is 20.8 Å². The Hall–Kier alpha value is -2.34. The van der Waals surface area contributed by atoms with Crippen LogP contribution in [0.15, 0.2) is 46.9 Å². The maximum Gasteiger partial charge on any atom is 0.226 e. The van der Waals surface area contributed by atoms with E-state index in [1.807, 2.05) is 54.3 Å². The highest BCUT2D eigenvalue weighted by atomic mass is 79.9. The topological polar surface area (TPSA) is 49.9 Å². The minimum atomic E-state index is 0.120. The molecule has 0 aliphatic carbocycles. The van der Waals surface area contributed by atoms with E-state index in [0.717, 1.165) is 40.8 Å². The van der Waals surface area contributed by atoms with Crippen molar-refractivity contribution in [1.82, 2.24) is 4.90 Å². The molecular weight excluding hydrogens is 408 g/mol. The number of amides is 1. The molecule has 1 aliphatic rings. The largest absolute Gasteiger partial charge is 0.492 e. The lowest BCUT2D eigenvalue weighted by molar-refractivity contribution is -0.132. The Morgan fingerprint density at radius 2 is 1.81 bits per heavy atom. The predicted molar refractivity (Wildman–Crippen MR) is 110 cm³/mol. The summed E-state index contributed by atoms with van der Waals surface area (Å²) in [7, 11) is 0. The van der Waals surface area contributed by atoms with Gasteiger partial charge >= 0.3 is 0 Å². The Labute approximate surface area is 168 Å². The van der Waals surface area contributed by atoms with Gasteiger partial charge in [0.1, 0.15) is 12.0 Å². The number of piperazine rings is 1. The molecule has 1 fully saturated rings. The van der Waals surface area contributed by atoms with E-state index >= 15 is 0 Å². The molecule has 0 spiro atoms. The quantitative estimate of drug-likeness (QED) is 0.655. The Morgan fingerprint density at radius 1 is 1.11 bits per heavy atom. The molecule has 0 aromatic heterocycles. The van der Waals surface area contributed by atoms with Crippen LogP contribution in [-0.2, 0) is 4.79 Å². The second kappa shape index (κ2) is 9.04. The second-order valence-electron chi connectivity index (χ2n) is 6.61. The van der Waals surface area contributed by atoms with Gasteiger partial charge in [-0.3, -0.25) is 9.59 Å². The maximum atomic E-state index is 12.4. The molecule has 2 aromatic carbocycles. The number of carbonyl (C=O) groups excluding carboxylic acids is 2. The molecule has 1 saturated heterocycles. The van der Waals surface area contributed by atoms with Gasteiger partial charge in [-0.15, -0.1) is 0 Å². The third kappa shape index (κ3) is 5.10. The molecule has 6 heteroatoms. The lowest BCUT2D eigenvalue weighted by Gasteiger charge is -2.36. The van der Waals surface area contributed by atoms with E-state index in [1.54, 1.807) is 0 Å². The number of carbonyl (C=O) groups is 2. The molecule has 1 heterocycles. The van der Waals surface area contributed by atoms with Crippen LogP contribution in [0.4, 0.5) is 5.69 Å². The monoisotopic (exact) mass is 430 g/mol. The van der Waals surface area contributed by atoms with Crippen LogP contribution in [0.25, 0.3) is 0 Å². The second-order valence-corrected chi connectivity index (χ2v) is 7.46. The van der Waals surface area contributed by atoms with Crippen molar-refractivity contribution in [3.05, 3.63) is 58.1 Å². The van der Waals surface area contributed by atoms with E-state index < -0.39 is 0 Å². The Morgan fingerprint density at radius 3 is 2.44 bits per heavy atom. The number of hydrogen-bond donors (Lipinski definition) is 0. The van der Waals surface area contributed by atoms with Crippen LogP contribution in [0.3, 0.4) is 0 Å². The van der Waals surface area contributed by atoms with E-state index in [-0.39, 0.29) is 5.91 Å². The number of rotatable bonds is 6. The Bertz CT molecular complexity index is 800. The average molecular weight is 431 g/mol. The Kier molecular flexibility index (Phi) is 6.50. The summed E-state index contributed by atoms with van der Waals surface area (Å²) in [5.41, 5.74) is 2.91. The number of nitrogens with zero attached hydrogens (tertiary/aromatic N) is 2. The normalized spacial score (nSPS) is 14.1. The smallest absolute Gasteiger partial charge is 0.226 e. The zero-order valence-corrected chi connectivity index (χ0v) is 16.9. The van der Waals surface area contributed by atoms with Crippen LogP contribution < -0.4 is 9.64 Å². The fourth-order valence-electron chi connectivity index (χ4n) is 3.11. The minimum Gasteiger partial charge on any atom is -0.492 e. The van der Waals surface area contributed by atoms with Crippen molar-refractivity contribution in [3.63, 3.8) is 0 Å². The van der Waals surface area contributed by atoms with Crippen LogP contribution in [-0.4, -0.2) is 49.9 Å². The van der Waals surface area contributed by atoms with Crippen molar-refractivity contribution in [3.8, 4) is 5.75 Å². The molecule has 0 atom stereocenters. The van der Waals surface area contributed by atoms with Crippen LogP contribution in [0.1, 0.15) is 22.3 Å². The molecule has 142 valence electrons. The SMILES string of the molecule is Cc1ccc(OCCC(=O)N2CCN(c3ccc(C=O)cc3)CC2)c(Br)c1. The number of anilines is 1. The number of halogens is 1. The van der Waals surface area contributed by atoms with Crippen LogP contribution >= 0.6 is 15.9 Å². The van der Waals surface area contributed by atoms with E-state index in [1.165, 1.54) is 0 Å². The highest BCUT2D eigenvalue weighted by Crippen LogP contribution is 2.26. The van der Waals surface area contributed by atoms with Gasteiger partial charge in [0.05, 0.1) is 17.5 Å². The molecule has 1 amide bonds. The first-order chi connectivity index (χ1) is 13.1. The number of aldehydes is 1. The summed E-state index contributed by atoms with van der Waals surface area (Å²) in [4.78, 5) is 27.3. The molecule has 0 N–H and O–H groups in total. The highest BCUT2D eigenvalue weighted by Gasteiger charge is 2.21. The van der Waals surface area contributed by atoms with Crippen molar-refractivity contribution in [1.29, 1.82) is 0 Å². The van der Waals surface area contributed by atoms with Gasteiger partial charge in [0.15, 0.2) is 0 Å². The van der Waals surface area contributed by atoms with Gasteiger partial charge in [-0.2, -0.15) is 0 Å². The molecule has 1 aliphatic heterocycles. The number of benzene rings is 2. The number of hydrogen-bond acceptors (Lipinski definition) is 4. The van der Waals surface area contributed by atoms with Crippen LogP contribution in [0, 0.1) is 6.92 Å². The first-order valence-electron chi connectivity index (χ1n) is 9.04. The van der Waals surface area contributed by atoms with Crippen molar-refractivity contribution >= 4 is 33.8 Å². The maximum absolute atomic E-state index is 12.4. The summed E-state index contributed by atoms with van der Waals surface area (Å²) in [6.07, 6.45) is 1.21. The van der Waals surface area contributed by atoms with E-state index in [0.29, 0.717) is 31.7 Å². The van der Waals surface area contributed by atoms with Crippen LogP contribution in [0.2, 0.25) is 0 Å².